The minimum atomic E-state index is -0.556. The number of carbonyl (C=O) groups is 2. The van der Waals surface area contributed by atoms with Gasteiger partial charge in [-0.2, -0.15) is 0 Å². The summed E-state index contributed by atoms with van der Waals surface area (Å²) in [6, 6.07) is 5.47. The minimum Gasteiger partial charge on any atom is -0.316 e. The Morgan fingerprint density at radius 2 is 2.08 bits per heavy atom. The summed E-state index contributed by atoms with van der Waals surface area (Å²) in [7, 11) is 0. The maximum Gasteiger partial charge on any atom is 0.270 e. The van der Waals surface area contributed by atoms with E-state index in [0.717, 1.165) is 31.3 Å². The van der Waals surface area contributed by atoms with Gasteiger partial charge in [-0.15, -0.1) is 11.8 Å². The van der Waals surface area contributed by atoms with Gasteiger partial charge in [0.05, 0.1) is 16.7 Å². The van der Waals surface area contributed by atoms with Crippen molar-refractivity contribution >= 4 is 29.0 Å². The number of benzene rings is 1. The van der Waals surface area contributed by atoms with Crippen LogP contribution in [0.1, 0.15) is 42.5 Å². The van der Waals surface area contributed by atoms with Crippen molar-refractivity contribution in [3.8, 4) is 0 Å². The van der Waals surface area contributed by atoms with Gasteiger partial charge in [-0.1, -0.05) is 18.6 Å². The summed E-state index contributed by atoms with van der Waals surface area (Å²) in [4.78, 5) is 35.2. The fourth-order valence-corrected chi connectivity index (χ4v) is 4.82. The summed E-state index contributed by atoms with van der Waals surface area (Å²) >= 11 is 1.60. The van der Waals surface area contributed by atoms with Crippen molar-refractivity contribution in [2.45, 2.75) is 42.7 Å². The molecule has 3 rings (SSSR count). The van der Waals surface area contributed by atoms with Crippen LogP contribution >= 0.6 is 11.8 Å². The zero-order valence-corrected chi connectivity index (χ0v) is 13.9. The van der Waals surface area contributed by atoms with Crippen LogP contribution in [0, 0.1) is 10.1 Å². The van der Waals surface area contributed by atoms with Gasteiger partial charge in [-0.25, -0.2) is 0 Å². The molecule has 2 N–H and O–H groups in total. The van der Waals surface area contributed by atoms with E-state index in [-0.39, 0.29) is 28.8 Å². The second-order valence-electron chi connectivity index (χ2n) is 6.06. The number of nitro groups is 1. The standard InChI is InChI=1S/C17H18N2O4S/c18-17-16(12-6-1-2-7-15(12)24-17)14(21)9-13(20)10-4-3-5-11(8-10)19(22)23/h3-5,8,15,17H,1-2,6-7,9,18H2. The molecule has 1 aliphatic heterocycles. The Labute approximate surface area is 143 Å². The first-order chi connectivity index (χ1) is 11.5. The Morgan fingerprint density at radius 1 is 1.29 bits per heavy atom. The van der Waals surface area contributed by atoms with E-state index in [1.54, 1.807) is 11.8 Å². The van der Waals surface area contributed by atoms with E-state index in [9.17, 15) is 19.7 Å². The maximum atomic E-state index is 12.6. The monoisotopic (exact) mass is 346 g/mol. The molecule has 1 saturated carbocycles. The molecule has 0 aromatic heterocycles. The summed E-state index contributed by atoms with van der Waals surface area (Å²) < 4.78 is 0. The van der Waals surface area contributed by atoms with Crippen molar-refractivity contribution in [1.29, 1.82) is 0 Å². The van der Waals surface area contributed by atoms with Crippen molar-refractivity contribution < 1.29 is 14.5 Å². The number of Topliss-reactive ketones (excluding diaryl/α,β-unsaturated/α-hetero) is 2. The molecule has 2 aliphatic rings. The average Bonchev–Trinajstić information content (AvgIpc) is 2.90. The van der Waals surface area contributed by atoms with Gasteiger partial charge in [0.2, 0.25) is 0 Å². The van der Waals surface area contributed by atoms with Crippen molar-refractivity contribution in [2.24, 2.45) is 5.73 Å². The van der Waals surface area contributed by atoms with Crippen molar-refractivity contribution in [2.75, 3.05) is 0 Å². The van der Waals surface area contributed by atoms with Gasteiger partial charge < -0.3 is 5.73 Å². The van der Waals surface area contributed by atoms with Crippen LogP contribution in [0.4, 0.5) is 5.69 Å². The third kappa shape index (κ3) is 3.27. The first-order valence-electron chi connectivity index (χ1n) is 7.92. The molecule has 2 atom stereocenters. The van der Waals surface area contributed by atoms with E-state index in [4.69, 9.17) is 5.73 Å². The van der Waals surface area contributed by atoms with E-state index in [2.05, 4.69) is 0 Å². The number of hydrogen-bond acceptors (Lipinski definition) is 6. The number of non-ortho nitro benzene ring substituents is 1. The zero-order valence-electron chi connectivity index (χ0n) is 13.1. The fraction of sp³-hybridized carbons (Fsp3) is 0.412. The van der Waals surface area contributed by atoms with Crippen LogP contribution in [0.2, 0.25) is 0 Å². The van der Waals surface area contributed by atoms with E-state index in [0.29, 0.717) is 10.8 Å². The Kier molecular flexibility index (Phi) is 4.82. The molecule has 1 fully saturated rings. The van der Waals surface area contributed by atoms with Crippen molar-refractivity contribution in [3.63, 3.8) is 0 Å². The van der Waals surface area contributed by atoms with Crippen LogP contribution in [0.5, 0.6) is 0 Å². The summed E-state index contributed by atoms with van der Waals surface area (Å²) in [5, 5.41) is 10.7. The predicted octanol–water partition coefficient (Wildman–Crippen LogP) is 3.01. The van der Waals surface area contributed by atoms with Crippen LogP contribution in [0.25, 0.3) is 0 Å². The highest BCUT2D eigenvalue weighted by molar-refractivity contribution is 8.01. The smallest absolute Gasteiger partial charge is 0.270 e. The predicted molar refractivity (Wildman–Crippen MR) is 91.9 cm³/mol. The largest absolute Gasteiger partial charge is 0.316 e. The lowest BCUT2D eigenvalue weighted by molar-refractivity contribution is -0.384. The van der Waals surface area contributed by atoms with E-state index >= 15 is 0 Å². The average molecular weight is 346 g/mol. The SMILES string of the molecule is NC1SC2CCCCC2=C1C(=O)CC(=O)c1cccc([N+](=O)[O-])c1. The number of hydrogen-bond donors (Lipinski definition) is 1. The van der Waals surface area contributed by atoms with Gasteiger partial charge in [0.25, 0.3) is 5.69 Å². The van der Waals surface area contributed by atoms with Crippen molar-refractivity contribution in [3.05, 3.63) is 51.1 Å². The number of rotatable bonds is 5. The molecule has 6 nitrogen and oxygen atoms in total. The number of nitro benzene ring substituents is 1. The van der Waals surface area contributed by atoms with Crippen molar-refractivity contribution in [1.82, 2.24) is 0 Å². The van der Waals surface area contributed by atoms with E-state index < -0.39 is 10.7 Å². The number of ketones is 2. The third-order valence-electron chi connectivity index (χ3n) is 4.49. The number of nitrogens with zero attached hydrogens (tertiary/aromatic N) is 1. The summed E-state index contributed by atoms with van der Waals surface area (Å²) in [6.07, 6.45) is 3.80. The molecule has 0 spiro atoms. The van der Waals surface area contributed by atoms with Gasteiger partial charge in [0.15, 0.2) is 11.6 Å². The molecule has 0 bridgehead atoms. The molecule has 1 heterocycles. The van der Waals surface area contributed by atoms with Crippen LogP contribution in [0.15, 0.2) is 35.4 Å². The van der Waals surface area contributed by atoms with Crippen LogP contribution in [-0.4, -0.2) is 27.1 Å². The summed E-state index contributed by atoms with van der Waals surface area (Å²) in [5.74, 6) is -0.654. The van der Waals surface area contributed by atoms with Crippen LogP contribution in [-0.2, 0) is 4.79 Å². The maximum absolute atomic E-state index is 12.6. The Morgan fingerprint density at radius 3 is 2.83 bits per heavy atom. The lowest BCUT2D eigenvalue weighted by Crippen LogP contribution is -2.23. The molecule has 1 aromatic rings. The molecule has 1 aromatic carbocycles. The van der Waals surface area contributed by atoms with E-state index in [1.807, 2.05) is 0 Å². The Balaban J connectivity index is 1.78. The number of nitrogens with two attached hydrogens (primary N) is 1. The second-order valence-corrected chi connectivity index (χ2v) is 7.41. The third-order valence-corrected chi connectivity index (χ3v) is 5.87. The highest BCUT2D eigenvalue weighted by atomic mass is 32.2. The van der Waals surface area contributed by atoms with Crippen LogP contribution < -0.4 is 5.73 Å². The number of carbonyl (C=O) groups excluding carboxylic acids is 2. The first-order valence-corrected chi connectivity index (χ1v) is 8.86. The minimum absolute atomic E-state index is 0.157. The summed E-state index contributed by atoms with van der Waals surface area (Å²) in [6.45, 7) is 0. The molecule has 2 unspecified atom stereocenters. The number of fused-ring (bicyclic) bond motifs is 1. The van der Waals surface area contributed by atoms with Gasteiger partial charge in [0, 0.05) is 28.5 Å². The quantitative estimate of drug-likeness (QED) is 0.380. The Hall–Kier alpha value is -1.99. The first kappa shape index (κ1) is 16.9. The van der Waals surface area contributed by atoms with Gasteiger partial charge in [-0.05, 0) is 24.8 Å². The zero-order chi connectivity index (χ0) is 17.3. The van der Waals surface area contributed by atoms with Gasteiger partial charge >= 0.3 is 0 Å². The second kappa shape index (κ2) is 6.86. The summed E-state index contributed by atoms with van der Waals surface area (Å²) in [5.41, 5.74) is 7.84. The van der Waals surface area contributed by atoms with Gasteiger partial charge in [-0.3, -0.25) is 19.7 Å². The molecule has 0 amide bonds. The molecule has 24 heavy (non-hydrogen) atoms. The van der Waals surface area contributed by atoms with E-state index in [1.165, 1.54) is 24.3 Å². The normalized spacial score (nSPS) is 23.0. The molecule has 1 aliphatic carbocycles. The number of thioether (sulfide) groups is 1. The van der Waals surface area contributed by atoms with Crippen LogP contribution in [0.3, 0.4) is 0 Å². The van der Waals surface area contributed by atoms with Gasteiger partial charge in [0.1, 0.15) is 0 Å². The molecular formula is C17H18N2O4S. The topological polar surface area (TPSA) is 103 Å². The Bertz CT molecular complexity index is 744. The molecule has 126 valence electrons. The highest BCUT2D eigenvalue weighted by Crippen LogP contribution is 2.44. The highest BCUT2D eigenvalue weighted by Gasteiger charge is 2.37. The fourth-order valence-electron chi connectivity index (χ4n) is 3.34. The lowest BCUT2D eigenvalue weighted by Gasteiger charge is -2.19. The molecule has 0 saturated heterocycles. The molecule has 0 radical (unpaired) electrons. The molecule has 7 heteroatoms. The molecular weight excluding hydrogens is 328 g/mol. The lowest BCUT2D eigenvalue weighted by atomic mass is 9.88.